The summed E-state index contributed by atoms with van der Waals surface area (Å²) < 4.78 is 40.4. The fourth-order valence-corrected chi connectivity index (χ4v) is 3.69. The standard InChI is InChI=1S/C19H27F2N3O3.HI/c1-3-22-18(24-8-6-19(12-24)7-9-26-13-19)23-11-14-4-5-15(25-2)16(10-14)27-17(20)21;/h4-5,10,17H,3,6-9,11-13H2,1-2H3,(H,22,23);1H. The number of hydrogen-bond donors (Lipinski definition) is 1. The quantitative estimate of drug-likeness (QED) is 0.360. The van der Waals surface area contributed by atoms with E-state index in [2.05, 4.69) is 15.0 Å². The minimum Gasteiger partial charge on any atom is -0.493 e. The first kappa shape index (κ1) is 22.9. The molecule has 2 saturated heterocycles. The topological polar surface area (TPSA) is 55.3 Å². The summed E-state index contributed by atoms with van der Waals surface area (Å²) in [6.07, 6.45) is 2.20. The second-order valence-electron chi connectivity index (χ2n) is 7.01. The van der Waals surface area contributed by atoms with Gasteiger partial charge in [0.25, 0.3) is 0 Å². The van der Waals surface area contributed by atoms with Gasteiger partial charge in [0.2, 0.25) is 0 Å². The van der Waals surface area contributed by atoms with E-state index in [0.29, 0.717) is 6.54 Å². The van der Waals surface area contributed by atoms with Crippen LogP contribution in [0.1, 0.15) is 25.3 Å². The second-order valence-corrected chi connectivity index (χ2v) is 7.01. The molecule has 0 saturated carbocycles. The molecule has 2 aliphatic heterocycles. The lowest BCUT2D eigenvalue weighted by atomic mass is 9.87. The smallest absolute Gasteiger partial charge is 0.387 e. The number of halogens is 3. The molecule has 28 heavy (non-hydrogen) atoms. The predicted octanol–water partition coefficient (Wildman–Crippen LogP) is 3.49. The molecule has 158 valence electrons. The van der Waals surface area contributed by atoms with E-state index in [1.165, 1.54) is 7.11 Å². The van der Waals surface area contributed by atoms with Gasteiger partial charge in [-0.15, -0.1) is 24.0 Å². The summed E-state index contributed by atoms with van der Waals surface area (Å²) in [5, 5.41) is 3.33. The molecule has 3 rings (SSSR count). The normalized spacial score (nSPS) is 21.9. The van der Waals surface area contributed by atoms with Crippen molar-refractivity contribution in [1.29, 1.82) is 0 Å². The maximum Gasteiger partial charge on any atom is 0.387 e. The van der Waals surface area contributed by atoms with E-state index >= 15 is 0 Å². The summed E-state index contributed by atoms with van der Waals surface area (Å²) in [5.41, 5.74) is 1.02. The number of guanidine groups is 1. The van der Waals surface area contributed by atoms with Gasteiger partial charge in [-0.25, -0.2) is 4.99 Å². The molecule has 6 nitrogen and oxygen atoms in total. The molecule has 1 spiro atoms. The van der Waals surface area contributed by atoms with Crippen molar-refractivity contribution < 1.29 is 23.0 Å². The molecule has 0 aliphatic carbocycles. The van der Waals surface area contributed by atoms with Crippen LogP contribution >= 0.6 is 24.0 Å². The largest absolute Gasteiger partial charge is 0.493 e. The number of hydrogen-bond acceptors (Lipinski definition) is 4. The lowest BCUT2D eigenvalue weighted by Gasteiger charge is -2.25. The molecule has 9 heteroatoms. The van der Waals surface area contributed by atoms with Gasteiger partial charge in [-0.1, -0.05) is 6.07 Å². The first-order valence-corrected chi connectivity index (χ1v) is 9.28. The van der Waals surface area contributed by atoms with Crippen LogP contribution in [0, 0.1) is 5.41 Å². The van der Waals surface area contributed by atoms with Gasteiger partial charge in [0, 0.05) is 31.7 Å². The first-order valence-electron chi connectivity index (χ1n) is 9.28. The van der Waals surface area contributed by atoms with Crippen LogP contribution in [0.25, 0.3) is 0 Å². The zero-order valence-electron chi connectivity index (χ0n) is 16.2. The van der Waals surface area contributed by atoms with E-state index in [0.717, 1.165) is 57.2 Å². The summed E-state index contributed by atoms with van der Waals surface area (Å²) in [7, 11) is 1.42. The monoisotopic (exact) mass is 511 g/mol. The number of methoxy groups -OCH3 is 1. The lowest BCUT2D eigenvalue weighted by Crippen LogP contribution is -2.41. The van der Waals surface area contributed by atoms with Crippen molar-refractivity contribution in [2.45, 2.75) is 32.9 Å². The Labute approximate surface area is 181 Å². The molecular formula is C19H28F2IN3O3. The lowest BCUT2D eigenvalue weighted by molar-refractivity contribution is -0.0512. The third kappa shape index (κ3) is 5.59. The van der Waals surface area contributed by atoms with Gasteiger partial charge in [-0.2, -0.15) is 8.78 Å². The van der Waals surface area contributed by atoms with Crippen LogP contribution < -0.4 is 14.8 Å². The molecule has 1 aromatic rings. The minimum absolute atomic E-state index is 0. The highest BCUT2D eigenvalue weighted by atomic mass is 127. The molecule has 0 aromatic heterocycles. The third-order valence-corrected chi connectivity index (χ3v) is 5.11. The summed E-state index contributed by atoms with van der Waals surface area (Å²) in [6.45, 7) is 3.79. The number of likely N-dealkylation sites (tertiary alicyclic amines) is 1. The van der Waals surface area contributed by atoms with E-state index in [1.807, 2.05) is 6.92 Å². The molecule has 1 N–H and O–H groups in total. The van der Waals surface area contributed by atoms with Crippen molar-refractivity contribution in [2.24, 2.45) is 10.4 Å². The number of aliphatic imine (C=N–C) groups is 1. The number of rotatable bonds is 6. The predicted molar refractivity (Wildman–Crippen MR) is 114 cm³/mol. The van der Waals surface area contributed by atoms with Gasteiger partial charge in [0.05, 0.1) is 20.3 Å². The summed E-state index contributed by atoms with van der Waals surface area (Å²) in [6, 6.07) is 4.98. The van der Waals surface area contributed by atoms with E-state index < -0.39 is 6.61 Å². The molecule has 2 aliphatic rings. The van der Waals surface area contributed by atoms with Crippen LogP contribution in [0.4, 0.5) is 8.78 Å². The summed E-state index contributed by atoms with van der Waals surface area (Å²) in [4.78, 5) is 6.96. The van der Waals surface area contributed by atoms with Crippen LogP contribution in [-0.4, -0.2) is 57.4 Å². The molecular weight excluding hydrogens is 483 g/mol. The van der Waals surface area contributed by atoms with Gasteiger partial charge in [-0.3, -0.25) is 0 Å². The first-order chi connectivity index (χ1) is 13.0. The van der Waals surface area contributed by atoms with Crippen molar-refractivity contribution in [3.8, 4) is 11.5 Å². The Bertz CT molecular complexity index is 670. The number of alkyl halides is 2. The Hall–Kier alpha value is -1.36. The van der Waals surface area contributed by atoms with E-state index in [-0.39, 0.29) is 40.9 Å². The van der Waals surface area contributed by atoms with Crippen LogP contribution in [0.15, 0.2) is 23.2 Å². The molecule has 0 radical (unpaired) electrons. The van der Waals surface area contributed by atoms with Crippen LogP contribution in [0.3, 0.4) is 0 Å². The molecule has 2 heterocycles. The van der Waals surface area contributed by atoms with Crippen LogP contribution in [-0.2, 0) is 11.3 Å². The van der Waals surface area contributed by atoms with Crippen LogP contribution in [0.2, 0.25) is 0 Å². The fraction of sp³-hybridized carbons (Fsp3) is 0.632. The van der Waals surface area contributed by atoms with Crippen molar-refractivity contribution in [1.82, 2.24) is 10.2 Å². The zero-order valence-corrected chi connectivity index (χ0v) is 18.6. The Morgan fingerprint density at radius 2 is 2.18 bits per heavy atom. The molecule has 2 fully saturated rings. The number of ether oxygens (including phenoxy) is 3. The molecule has 1 aromatic carbocycles. The minimum atomic E-state index is -2.90. The van der Waals surface area contributed by atoms with E-state index in [9.17, 15) is 8.78 Å². The highest BCUT2D eigenvalue weighted by molar-refractivity contribution is 14.0. The Balaban J connectivity index is 0.00000280. The Morgan fingerprint density at radius 1 is 1.36 bits per heavy atom. The highest BCUT2D eigenvalue weighted by Crippen LogP contribution is 2.38. The Kier molecular flexibility index (Phi) is 8.54. The van der Waals surface area contributed by atoms with E-state index in [4.69, 9.17) is 14.5 Å². The van der Waals surface area contributed by atoms with Crippen molar-refractivity contribution in [3.63, 3.8) is 0 Å². The van der Waals surface area contributed by atoms with Gasteiger partial charge < -0.3 is 24.4 Å². The fourth-order valence-electron chi connectivity index (χ4n) is 3.69. The molecule has 1 atom stereocenters. The van der Waals surface area contributed by atoms with Crippen LogP contribution in [0.5, 0.6) is 11.5 Å². The SMILES string of the molecule is CCNC(=NCc1ccc(OC)c(OC(F)F)c1)N1CCC2(CCOC2)C1.I. The summed E-state index contributed by atoms with van der Waals surface area (Å²) in [5.74, 6) is 1.14. The average molecular weight is 511 g/mol. The van der Waals surface area contributed by atoms with E-state index in [1.54, 1.807) is 18.2 Å². The van der Waals surface area contributed by atoms with Crippen molar-refractivity contribution >= 4 is 29.9 Å². The molecule has 1 unspecified atom stereocenters. The van der Waals surface area contributed by atoms with Gasteiger partial charge >= 0.3 is 6.61 Å². The Morgan fingerprint density at radius 3 is 2.82 bits per heavy atom. The maximum absolute atomic E-state index is 12.6. The number of benzene rings is 1. The number of nitrogens with zero attached hydrogens (tertiary/aromatic N) is 2. The van der Waals surface area contributed by atoms with Crippen molar-refractivity contribution in [3.05, 3.63) is 23.8 Å². The van der Waals surface area contributed by atoms with Gasteiger partial charge in [-0.05, 0) is 37.5 Å². The van der Waals surface area contributed by atoms with Gasteiger partial charge in [0.1, 0.15) is 0 Å². The maximum atomic E-state index is 12.6. The van der Waals surface area contributed by atoms with Gasteiger partial charge in [0.15, 0.2) is 17.5 Å². The highest BCUT2D eigenvalue weighted by Gasteiger charge is 2.42. The van der Waals surface area contributed by atoms with Crippen molar-refractivity contribution in [2.75, 3.05) is 40.0 Å². The summed E-state index contributed by atoms with van der Waals surface area (Å²) >= 11 is 0. The third-order valence-electron chi connectivity index (χ3n) is 5.11. The molecule has 0 amide bonds. The molecule has 0 bridgehead atoms. The average Bonchev–Trinajstić information content (AvgIpc) is 3.28. The zero-order chi connectivity index (χ0) is 19.3. The second kappa shape index (κ2) is 10.4. The number of nitrogens with one attached hydrogen (secondary N) is 1.